The first-order valence-electron chi connectivity index (χ1n) is 6.29. The van der Waals surface area contributed by atoms with Crippen LogP contribution in [0.4, 0.5) is 24.5 Å². The van der Waals surface area contributed by atoms with Crippen molar-refractivity contribution in [1.29, 1.82) is 0 Å². The number of rotatable bonds is 4. The Morgan fingerprint density at radius 3 is 2.33 bits per heavy atom. The quantitative estimate of drug-likeness (QED) is 0.442. The molecule has 126 valence electrons. The molecule has 2 aromatic rings. The molecule has 0 amide bonds. The van der Waals surface area contributed by atoms with Gasteiger partial charge in [-0.2, -0.15) is 18.3 Å². The van der Waals surface area contributed by atoms with Crippen LogP contribution in [0.15, 0.2) is 41.5 Å². The molecule has 0 aliphatic heterocycles. The summed E-state index contributed by atoms with van der Waals surface area (Å²) in [4.78, 5) is 10.0. The van der Waals surface area contributed by atoms with Crippen LogP contribution in [-0.2, 0) is 6.18 Å². The second-order valence-corrected chi connectivity index (χ2v) is 5.31. The zero-order valence-corrected chi connectivity index (χ0v) is 13.2. The van der Waals surface area contributed by atoms with E-state index in [-0.39, 0.29) is 5.69 Å². The van der Waals surface area contributed by atoms with Crippen molar-refractivity contribution in [2.24, 2.45) is 5.10 Å². The van der Waals surface area contributed by atoms with Gasteiger partial charge in [-0.3, -0.25) is 15.5 Å². The number of nitro benzene ring substituents is 1. The molecule has 0 saturated heterocycles. The van der Waals surface area contributed by atoms with Crippen molar-refractivity contribution in [2.75, 3.05) is 5.43 Å². The van der Waals surface area contributed by atoms with Crippen LogP contribution in [0.5, 0.6) is 0 Å². The summed E-state index contributed by atoms with van der Waals surface area (Å²) >= 11 is 11.9. The van der Waals surface area contributed by atoms with E-state index in [1.54, 1.807) is 18.2 Å². The molecule has 0 aromatic heterocycles. The molecule has 10 heteroatoms. The fraction of sp³-hybridized carbons (Fsp3) is 0.0714. The van der Waals surface area contributed by atoms with Gasteiger partial charge in [-0.1, -0.05) is 29.3 Å². The Kier molecular flexibility index (Phi) is 5.30. The zero-order chi connectivity index (χ0) is 17.9. The molecule has 0 spiro atoms. The minimum atomic E-state index is -4.68. The lowest BCUT2D eigenvalue weighted by atomic mass is 10.1. The Hall–Kier alpha value is -2.32. The van der Waals surface area contributed by atoms with Crippen molar-refractivity contribution < 1.29 is 18.1 Å². The first-order chi connectivity index (χ1) is 11.2. The summed E-state index contributed by atoms with van der Waals surface area (Å²) in [7, 11) is 0. The summed E-state index contributed by atoms with van der Waals surface area (Å²) in [5.41, 5.74) is 0.598. The third-order valence-electron chi connectivity index (χ3n) is 2.90. The summed E-state index contributed by atoms with van der Waals surface area (Å²) in [5.74, 6) is 0. The van der Waals surface area contributed by atoms with Gasteiger partial charge in [0.25, 0.3) is 5.69 Å². The second kappa shape index (κ2) is 7.06. The van der Waals surface area contributed by atoms with Crippen LogP contribution < -0.4 is 5.43 Å². The maximum atomic E-state index is 12.6. The zero-order valence-electron chi connectivity index (χ0n) is 11.6. The van der Waals surface area contributed by atoms with Gasteiger partial charge in [-0.05, 0) is 24.3 Å². The van der Waals surface area contributed by atoms with E-state index < -0.39 is 22.4 Å². The minimum Gasteiger partial charge on any atom is -0.272 e. The number of anilines is 1. The molecule has 24 heavy (non-hydrogen) atoms. The molecule has 2 aromatic carbocycles. The monoisotopic (exact) mass is 377 g/mol. The molecule has 0 saturated carbocycles. The van der Waals surface area contributed by atoms with Crippen molar-refractivity contribution >= 4 is 40.8 Å². The normalized spacial score (nSPS) is 11.7. The largest absolute Gasteiger partial charge is 0.416 e. The van der Waals surface area contributed by atoms with Crippen LogP contribution in [0.25, 0.3) is 0 Å². The Balaban J connectivity index is 2.30. The lowest BCUT2D eigenvalue weighted by Crippen LogP contribution is -2.06. The smallest absolute Gasteiger partial charge is 0.272 e. The summed E-state index contributed by atoms with van der Waals surface area (Å²) in [5, 5.41) is 15.3. The molecular formula is C14H8Cl2F3N3O2. The number of hydrogen-bond acceptors (Lipinski definition) is 4. The van der Waals surface area contributed by atoms with E-state index >= 15 is 0 Å². The van der Waals surface area contributed by atoms with E-state index in [4.69, 9.17) is 23.2 Å². The van der Waals surface area contributed by atoms with E-state index in [0.29, 0.717) is 27.7 Å². The third kappa shape index (κ3) is 4.15. The maximum Gasteiger partial charge on any atom is 0.416 e. The van der Waals surface area contributed by atoms with Crippen molar-refractivity contribution in [2.45, 2.75) is 6.18 Å². The fourth-order valence-electron chi connectivity index (χ4n) is 1.75. The highest BCUT2D eigenvalue weighted by Crippen LogP contribution is 2.35. The molecule has 2 rings (SSSR count). The van der Waals surface area contributed by atoms with E-state index in [1.165, 1.54) is 6.21 Å². The lowest BCUT2D eigenvalue weighted by molar-refractivity contribution is -0.384. The van der Waals surface area contributed by atoms with Crippen LogP contribution in [0.2, 0.25) is 10.0 Å². The molecule has 5 nitrogen and oxygen atoms in total. The third-order valence-corrected chi connectivity index (χ3v) is 3.56. The second-order valence-electron chi connectivity index (χ2n) is 4.49. The Morgan fingerprint density at radius 2 is 1.79 bits per heavy atom. The predicted octanol–water partition coefficient (Wildman–Crippen LogP) is 5.37. The fourth-order valence-corrected chi connectivity index (χ4v) is 2.25. The Bertz CT molecular complexity index is 790. The van der Waals surface area contributed by atoms with Gasteiger partial charge in [0.2, 0.25) is 0 Å². The van der Waals surface area contributed by atoms with E-state index in [0.717, 1.165) is 6.07 Å². The van der Waals surface area contributed by atoms with Gasteiger partial charge in [0, 0.05) is 11.6 Å². The van der Waals surface area contributed by atoms with Gasteiger partial charge in [0.05, 0.1) is 26.7 Å². The van der Waals surface area contributed by atoms with Crippen molar-refractivity contribution in [3.05, 3.63) is 67.7 Å². The van der Waals surface area contributed by atoms with Gasteiger partial charge in [0.15, 0.2) is 0 Å². The van der Waals surface area contributed by atoms with E-state index in [1.807, 2.05) is 0 Å². The first kappa shape index (κ1) is 18.0. The number of nitrogens with one attached hydrogen (secondary N) is 1. The molecule has 0 radical (unpaired) electrons. The average Bonchev–Trinajstić information content (AvgIpc) is 2.49. The highest BCUT2D eigenvalue weighted by molar-refractivity contribution is 6.38. The lowest BCUT2D eigenvalue weighted by Gasteiger charge is -2.08. The number of halogens is 5. The maximum absolute atomic E-state index is 12.6. The van der Waals surface area contributed by atoms with Crippen LogP contribution in [-0.4, -0.2) is 11.1 Å². The molecule has 0 atom stereocenters. The summed E-state index contributed by atoms with van der Waals surface area (Å²) < 4.78 is 37.9. The van der Waals surface area contributed by atoms with Gasteiger partial charge >= 0.3 is 6.18 Å². The SMILES string of the molecule is O=[N+]([O-])c1cc(C(F)(F)F)ccc1N/N=C/c1c(Cl)cccc1Cl. The highest BCUT2D eigenvalue weighted by atomic mass is 35.5. The number of hydrazone groups is 1. The van der Waals surface area contributed by atoms with Gasteiger partial charge < -0.3 is 0 Å². The minimum absolute atomic E-state index is 0.201. The molecule has 0 aliphatic rings. The first-order valence-corrected chi connectivity index (χ1v) is 7.04. The molecular weight excluding hydrogens is 370 g/mol. The van der Waals surface area contributed by atoms with Crippen molar-refractivity contribution in [3.8, 4) is 0 Å². The molecule has 0 heterocycles. The topological polar surface area (TPSA) is 67.5 Å². The van der Waals surface area contributed by atoms with Crippen LogP contribution >= 0.6 is 23.2 Å². The summed E-state index contributed by atoms with van der Waals surface area (Å²) in [6, 6.07) is 6.82. The number of nitro groups is 1. The van der Waals surface area contributed by atoms with Gasteiger partial charge in [-0.15, -0.1) is 0 Å². The Labute approximate surface area is 143 Å². The van der Waals surface area contributed by atoms with Gasteiger partial charge in [0.1, 0.15) is 5.69 Å². The van der Waals surface area contributed by atoms with Crippen LogP contribution in [0, 0.1) is 10.1 Å². The number of hydrogen-bond donors (Lipinski definition) is 1. The highest BCUT2D eigenvalue weighted by Gasteiger charge is 2.33. The van der Waals surface area contributed by atoms with E-state index in [9.17, 15) is 23.3 Å². The number of benzene rings is 2. The summed E-state index contributed by atoms with van der Waals surface area (Å²) in [6.45, 7) is 0. The van der Waals surface area contributed by atoms with Crippen molar-refractivity contribution in [3.63, 3.8) is 0 Å². The van der Waals surface area contributed by atoms with Crippen LogP contribution in [0.1, 0.15) is 11.1 Å². The molecule has 0 bridgehead atoms. The molecule has 0 unspecified atom stereocenters. The molecule has 0 fully saturated rings. The van der Waals surface area contributed by atoms with Gasteiger partial charge in [-0.25, -0.2) is 0 Å². The standard InChI is InChI=1S/C14H8Cl2F3N3O2/c15-10-2-1-3-11(16)9(10)7-20-21-12-5-4-8(14(17,18)19)6-13(12)22(23)24/h1-7,21H/b20-7+. The van der Waals surface area contributed by atoms with Crippen molar-refractivity contribution in [1.82, 2.24) is 0 Å². The van der Waals surface area contributed by atoms with Crippen LogP contribution in [0.3, 0.4) is 0 Å². The number of nitrogens with zero attached hydrogens (tertiary/aromatic N) is 2. The molecule has 1 N–H and O–H groups in total. The Morgan fingerprint density at radius 1 is 1.17 bits per heavy atom. The number of alkyl halides is 3. The summed E-state index contributed by atoms with van der Waals surface area (Å²) in [6.07, 6.45) is -3.47. The average molecular weight is 378 g/mol. The molecule has 0 aliphatic carbocycles. The van der Waals surface area contributed by atoms with E-state index in [2.05, 4.69) is 10.5 Å². The predicted molar refractivity (Wildman–Crippen MR) is 85.8 cm³/mol.